The predicted molar refractivity (Wildman–Crippen MR) is 59.9 cm³/mol. The summed E-state index contributed by atoms with van der Waals surface area (Å²) >= 11 is 0. The lowest BCUT2D eigenvalue weighted by Gasteiger charge is -2.05. The zero-order chi connectivity index (χ0) is 10.7. The van der Waals surface area contributed by atoms with Crippen molar-refractivity contribution in [2.75, 3.05) is 6.61 Å². The molecular weight excluding hydrogens is 190 g/mol. The molecule has 1 aromatic carbocycles. The molecule has 0 amide bonds. The Bertz CT molecular complexity index is 516. The second-order valence-electron chi connectivity index (χ2n) is 3.32. The lowest BCUT2D eigenvalue weighted by atomic mass is 10.1. The van der Waals surface area contributed by atoms with Crippen LogP contribution in [-0.2, 0) is 11.3 Å². The van der Waals surface area contributed by atoms with Gasteiger partial charge in [0.15, 0.2) is 0 Å². The van der Waals surface area contributed by atoms with E-state index in [2.05, 4.69) is 4.98 Å². The van der Waals surface area contributed by atoms with Crippen LogP contribution in [0.4, 0.5) is 0 Å². The molecular formula is C12H13NO2. The summed E-state index contributed by atoms with van der Waals surface area (Å²) in [5.74, 6) is 0. The van der Waals surface area contributed by atoms with Gasteiger partial charge < -0.3 is 9.72 Å². The molecule has 15 heavy (non-hydrogen) atoms. The highest BCUT2D eigenvalue weighted by molar-refractivity contribution is 5.84. The summed E-state index contributed by atoms with van der Waals surface area (Å²) in [6, 6.07) is 7.60. The average Bonchev–Trinajstić information content (AvgIpc) is 2.27. The number of hydrogen-bond donors (Lipinski definition) is 1. The van der Waals surface area contributed by atoms with Gasteiger partial charge in [0, 0.05) is 18.2 Å². The number of nitrogens with one attached hydrogen (secondary N) is 1. The van der Waals surface area contributed by atoms with Crippen molar-refractivity contribution < 1.29 is 4.74 Å². The number of hydrogen-bond acceptors (Lipinski definition) is 2. The van der Waals surface area contributed by atoms with Crippen molar-refractivity contribution in [1.82, 2.24) is 4.98 Å². The molecule has 0 aliphatic heterocycles. The zero-order valence-corrected chi connectivity index (χ0v) is 8.62. The monoisotopic (exact) mass is 203 g/mol. The first-order chi connectivity index (χ1) is 7.33. The molecule has 2 rings (SSSR count). The molecule has 3 heteroatoms. The minimum Gasteiger partial charge on any atom is -0.377 e. The van der Waals surface area contributed by atoms with Crippen molar-refractivity contribution in [2.24, 2.45) is 0 Å². The molecule has 1 aromatic heterocycles. The Kier molecular flexibility index (Phi) is 2.83. The van der Waals surface area contributed by atoms with Crippen LogP contribution in [-0.4, -0.2) is 11.6 Å². The number of ether oxygens (including phenoxy) is 1. The lowest BCUT2D eigenvalue weighted by Crippen LogP contribution is -2.05. The van der Waals surface area contributed by atoms with Gasteiger partial charge in [-0.1, -0.05) is 12.1 Å². The minimum absolute atomic E-state index is 0.0501. The molecule has 0 saturated carbocycles. The largest absolute Gasteiger partial charge is 0.377 e. The fourth-order valence-electron chi connectivity index (χ4n) is 1.62. The normalized spacial score (nSPS) is 10.7. The molecule has 0 aliphatic rings. The molecule has 1 N–H and O–H groups in total. The van der Waals surface area contributed by atoms with Gasteiger partial charge in [-0.3, -0.25) is 4.79 Å². The van der Waals surface area contributed by atoms with Crippen LogP contribution in [0.2, 0.25) is 0 Å². The third-order valence-corrected chi connectivity index (χ3v) is 2.37. The number of fused-ring (bicyclic) bond motifs is 1. The van der Waals surface area contributed by atoms with Gasteiger partial charge in [-0.25, -0.2) is 0 Å². The summed E-state index contributed by atoms with van der Waals surface area (Å²) in [5.41, 5.74) is 1.01. The van der Waals surface area contributed by atoms with E-state index in [1.807, 2.05) is 31.2 Å². The molecule has 0 bridgehead atoms. The van der Waals surface area contributed by atoms with Gasteiger partial charge in [0.1, 0.15) is 0 Å². The number of benzene rings is 1. The van der Waals surface area contributed by atoms with E-state index in [9.17, 15) is 4.79 Å². The van der Waals surface area contributed by atoms with Gasteiger partial charge in [0.25, 0.3) is 5.56 Å². The summed E-state index contributed by atoms with van der Waals surface area (Å²) in [7, 11) is 0. The third-order valence-electron chi connectivity index (χ3n) is 2.37. The highest BCUT2D eigenvalue weighted by atomic mass is 16.5. The summed E-state index contributed by atoms with van der Waals surface area (Å²) < 4.78 is 5.36. The van der Waals surface area contributed by atoms with Crippen molar-refractivity contribution in [3.63, 3.8) is 0 Å². The van der Waals surface area contributed by atoms with Gasteiger partial charge in [0.05, 0.1) is 6.61 Å². The molecule has 0 saturated heterocycles. The first kappa shape index (κ1) is 9.93. The number of rotatable bonds is 3. The van der Waals surface area contributed by atoms with E-state index in [0.29, 0.717) is 13.2 Å². The Morgan fingerprint density at radius 3 is 2.93 bits per heavy atom. The fraction of sp³-hybridized carbons (Fsp3) is 0.250. The smallest absolute Gasteiger partial charge is 0.255 e. The molecule has 2 aromatic rings. The quantitative estimate of drug-likeness (QED) is 0.829. The van der Waals surface area contributed by atoms with E-state index in [1.54, 1.807) is 6.20 Å². The van der Waals surface area contributed by atoms with Crippen LogP contribution in [0.25, 0.3) is 10.8 Å². The van der Waals surface area contributed by atoms with E-state index >= 15 is 0 Å². The van der Waals surface area contributed by atoms with Crippen LogP contribution in [0.5, 0.6) is 0 Å². The predicted octanol–water partition coefficient (Wildman–Crippen LogP) is 2.06. The Morgan fingerprint density at radius 2 is 2.13 bits per heavy atom. The van der Waals surface area contributed by atoms with Crippen LogP contribution in [0.3, 0.4) is 0 Å². The van der Waals surface area contributed by atoms with Gasteiger partial charge in [0.2, 0.25) is 0 Å². The molecule has 0 atom stereocenters. The second kappa shape index (κ2) is 4.28. The molecule has 3 nitrogen and oxygen atoms in total. The molecule has 78 valence electrons. The van der Waals surface area contributed by atoms with Crippen LogP contribution in [0.15, 0.2) is 35.3 Å². The Labute approximate surface area is 87.7 Å². The highest BCUT2D eigenvalue weighted by Crippen LogP contribution is 2.15. The molecule has 0 fully saturated rings. The minimum atomic E-state index is -0.0501. The van der Waals surface area contributed by atoms with Crippen molar-refractivity contribution in [3.8, 4) is 0 Å². The van der Waals surface area contributed by atoms with Crippen LogP contribution < -0.4 is 5.56 Å². The summed E-state index contributed by atoms with van der Waals surface area (Å²) in [5, 5.41) is 1.68. The maximum Gasteiger partial charge on any atom is 0.255 e. The zero-order valence-electron chi connectivity index (χ0n) is 8.62. The van der Waals surface area contributed by atoms with Crippen LogP contribution in [0, 0.1) is 0 Å². The van der Waals surface area contributed by atoms with E-state index in [0.717, 1.165) is 16.3 Å². The van der Waals surface area contributed by atoms with Gasteiger partial charge in [-0.2, -0.15) is 0 Å². The van der Waals surface area contributed by atoms with Crippen molar-refractivity contribution in [3.05, 3.63) is 46.4 Å². The second-order valence-corrected chi connectivity index (χ2v) is 3.32. The fourth-order valence-corrected chi connectivity index (χ4v) is 1.62. The number of aromatic nitrogens is 1. The number of aromatic amines is 1. The Balaban J connectivity index is 2.56. The maximum atomic E-state index is 11.5. The first-order valence-corrected chi connectivity index (χ1v) is 5.00. The SMILES string of the molecule is CCOCc1cccc2c(=O)[nH]ccc12. The van der Waals surface area contributed by atoms with E-state index in [1.165, 1.54) is 0 Å². The van der Waals surface area contributed by atoms with Gasteiger partial charge >= 0.3 is 0 Å². The summed E-state index contributed by atoms with van der Waals surface area (Å²) in [6.45, 7) is 3.19. The molecule has 0 unspecified atom stereocenters. The number of H-pyrrole nitrogens is 1. The summed E-state index contributed by atoms with van der Waals surface area (Å²) in [4.78, 5) is 14.2. The average molecular weight is 203 g/mol. The Hall–Kier alpha value is -1.61. The van der Waals surface area contributed by atoms with Crippen molar-refractivity contribution >= 4 is 10.8 Å². The van der Waals surface area contributed by atoms with Crippen molar-refractivity contribution in [2.45, 2.75) is 13.5 Å². The lowest BCUT2D eigenvalue weighted by molar-refractivity contribution is 0.135. The van der Waals surface area contributed by atoms with E-state index < -0.39 is 0 Å². The van der Waals surface area contributed by atoms with E-state index in [4.69, 9.17) is 4.74 Å². The third kappa shape index (κ3) is 1.92. The first-order valence-electron chi connectivity index (χ1n) is 5.00. The molecule has 0 radical (unpaired) electrons. The van der Waals surface area contributed by atoms with Gasteiger partial charge in [-0.15, -0.1) is 0 Å². The topological polar surface area (TPSA) is 42.1 Å². The molecule has 1 heterocycles. The molecule has 0 aliphatic carbocycles. The van der Waals surface area contributed by atoms with Crippen molar-refractivity contribution in [1.29, 1.82) is 0 Å². The molecule has 0 spiro atoms. The number of pyridine rings is 1. The van der Waals surface area contributed by atoms with Crippen LogP contribution >= 0.6 is 0 Å². The standard InChI is InChI=1S/C12H13NO2/c1-2-15-8-9-4-3-5-11-10(9)6-7-13-12(11)14/h3-7H,2,8H2,1H3,(H,13,14). The van der Waals surface area contributed by atoms with Crippen LogP contribution in [0.1, 0.15) is 12.5 Å². The Morgan fingerprint density at radius 1 is 1.27 bits per heavy atom. The maximum absolute atomic E-state index is 11.5. The van der Waals surface area contributed by atoms with Gasteiger partial charge in [-0.05, 0) is 30.0 Å². The summed E-state index contributed by atoms with van der Waals surface area (Å²) in [6.07, 6.45) is 1.67. The van der Waals surface area contributed by atoms with E-state index in [-0.39, 0.29) is 5.56 Å². The highest BCUT2D eigenvalue weighted by Gasteiger charge is 2.02.